The van der Waals surface area contributed by atoms with Gasteiger partial charge in [-0.05, 0) is 66.0 Å². The molecule has 21 heavy (non-hydrogen) atoms. The minimum Gasteiger partial charge on any atom is -0.312 e. The smallest absolute Gasteiger partial charge is 0.0342 e. The minimum absolute atomic E-state index is 0.681. The first-order valence-electron chi connectivity index (χ1n) is 8.43. The van der Waals surface area contributed by atoms with E-state index in [-0.39, 0.29) is 0 Å². The second-order valence-electron chi connectivity index (χ2n) is 6.72. The first kappa shape index (κ1) is 16.0. The molecule has 1 aromatic heterocycles. The van der Waals surface area contributed by atoms with Gasteiger partial charge in [-0.3, -0.25) is 4.90 Å². The van der Waals surface area contributed by atoms with E-state index in [9.17, 15) is 0 Å². The van der Waals surface area contributed by atoms with Gasteiger partial charge in [0, 0.05) is 34.5 Å². The molecule has 2 nitrogen and oxygen atoms in total. The lowest BCUT2D eigenvalue weighted by Gasteiger charge is -2.34. The zero-order valence-corrected chi connectivity index (χ0v) is 15.4. The normalized spacial score (nSPS) is 29.4. The van der Waals surface area contributed by atoms with Crippen LogP contribution < -0.4 is 5.32 Å². The molecular weight excluding hydrogens is 344 g/mol. The molecule has 2 aliphatic rings. The second-order valence-corrected chi connectivity index (χ2v) is 8.57. The molecule has 1 saturated carbocycles. The lowest BCUT2D eigenvalue weighted by atomic mass is 9.83. The number of hydrogen-bond donors (Lipinski definition) is 1. The van der Waals surface area contributed by atoms with Crippen molar-refractivity contribution in [2.75, 3.05) is 13.1 Å². The highest BCUT2D eigenvalue weighted by Crippen LogP contribution is 2.30. The minimum atomic E-state index is 0.681. The van der Waals surface area contributed by atoms with Crippen molar-refractivity contribution in [2.24, 2.45) is 5.92 Å². The highest BCUT2D eigenvalue weighted by atomic mass is 79.9. The molecule has 1 aliphatic carbocycles. The van der Waals surface area contributed by atoms with E-state index < -0.39 is 0 Å². The summed E-state index contributed by atoms with van der Waals surface area (Å²) in [6.07, 6.45) is 8.46. The average Bonchev–Trinajstić information content (AvgIpc) is 2.81. The van der Waals surface area contributed by atoms with Crippen LogP contribution in [0.15, 0.2) is 15.9 Å². The number of nitrogens with one attached hydrogen (secondary N) is 1. The van der Waals surface area contributed by atoms with Gasteiger partial charge in [0.1, 0.15) is 0 Å². The summed E-state index contributed by atoms with van der Waals surface area (Å²) in [6.45, 7) is 5.90. The van der Waals surface area contributed by atoms with Crippen molar-refractivity contribution >= 4 is 27.3 Å². The molecule has 4 heteroatoms. The summed E-state index contributed by atoms with van der Waals surface area (Å²) in [5.74, 6) is 0.901. The monoisotopic (exact) mass is 370 g/mol. The van der Waals surface area contributed by atoms with Crippen molar-refractivity contribution in [1.29, 1.82) is 0 Å². The van der Waals surface area contributed by atoms with Crippen molar-refractivity contribution in [2.45, 2.75) is 64.1 Å². The summed E-state index contributed by atoms with van der Waals surface area (Å²) in [5.41, 5.74) is 0. The van der Waals surface area contributed by atoms with Crippen LogP contribution in [0.2, 0.25) is 0 Å². The summed E-state index contributed by atoms with van der Waals surface area (Å²) in [5, 5.41) is 6.05. The van der Waals surface area contributed by atoms with E-state index in [2.05, 4.69) is 44.5 Å². The molecule has 0 radical (unpaired) electrons. The first-order chi connectivity index (χ1) is 10.2. The topological polar surface area (TPSA) is 15.3 Å². The molecule has 3 rings (SSSR count). The summed E-state index contributed by atoms with van der Waals surface area (Å²) in [6, 6.07) is 3.56. The van der Waals surface area contributed by atoms with Crippen LogP contribution in [-0.4, -0.2) is 30.1 Å². The highest BCUT2D eigenvalue weighted by molar-refractivity contribution is 9.10. The van der Waals surface area contributed by atoms with Crippen molar-refractivity contribution < 1.29 is 0 Å². The molecule has 0 aromatic carbocycles. The molecule has 2 heterocycles. The zero-order chi connectivity index (χ0) is 14.7. The fourth-order valence-corrected chi connectivity index (χ4v) is 5.35. The molecule has 1 aromatic rings. The third-order valence-electron chi connectivity index (χ3n) is 5.28. The summed E-state index contributed by atoms with van der Waals surface area (Å²) >= 11 is 5.57. The largest absolute Gasteiger partial charge is 0.312 e. The van der Waals surface area contributed by atoms with Gasteiger partial charge in [0.05, 0.1) is 0 Å². The van der Waals surface area contributed by atoms with Gasteiger partial charge >= 0.3 is 0 Å². The van der Waals surface area contributed by atoms with Crippen molar-refractivity contribution in [3.05, 3.63) is 20.8 Å². The lowest BCUT2D eigenvalue weighted by Crippen LogP contribution is -2.44. The van der Waals surface area contributed by atoms with E-state index in [4.69, 9.17) is 0 Å². The predicted molar refractivity (Wildman–Crippen MR) is 94.9 cm³/mol. The molecule has 118 valence electrons. The van der Waals surface area contributed by atoms with Gasteiger partial charge < -0.3 is 5.32 Å². The summed E-state index contributed by atoms with van der Waals surface area (Å²) in [7, 11) is 0. The molecule has 1 saturated heterocycles. The first-order valence-corrected chi connectivity index (χ1v) is 10.1. The molecule has 1 N–H and O–H groups in total. The zero-order valence-electron chi connectivity index (χ0n) is 13.0. The van der Waals surface area contributed by atoms with Gasteiger partial charge in [-0.1, -0.05) is 19.3 Å². The van der Waals surface area contributed by atoms with Gasteiger partial charge in [-0.15, -0.1) is 11.3 Å². The SMILES string of the molecule is CC1CCNC(C2CCCCC2)CN1Cc1sccc1Br. The number of thiophene rings is 1. The van der Waals surface area contributed by atoms with Gasteiger partial charge in [-0.25, -0.2) is 0 Å². The quantitative estimate of drug-likeness (QED) is 0.833. The standard InChI is InChI=1S/C17H27BrN2S/c1-13-7-9-19-16(14-5-3-2-4-6-14)11-20(13)12-17-15(18)8-10-21-17/h8,10,13-14,16,19H,2-7,9,11-12H2,1H3. The summed E-state index contributed by atoms with van der Waals surface area (Å²) < 4.78 is 1.28. The molecule has 0 bridgehead atoms. The number of rotatable bonds is 3. The Hall–Kier alpha value is 0.100. The van der Waals surface area contributed by atoms with E-state index in [1.54, 1.807) is 0 Å². The maximum atomic E-state index is 3.86. The molecule has 2 fully saturated rings. The Morgan fingerprint density at radius 1 is 1.29 bits per heavy atom. The van der Waals surface area contributed by atoms with E-state index in [1.807, 2.05) is 11.3 Å². The van der Waals surface area contributed by atoms with Crippen molar-refractivity contribution in [3.8, 4) is 0 Å². The van der Waals surface area contributed by atoms with Gasteiger partial charge in [0.2, 0.25) is 0 Å². The molecular formula is C17H27BrN2S. The van der Waals surface area contributed by atoms with Gasteiger partial charge in [0.25, 0.3) is 0 Å². The average molecular weight is 371 g/mol. The summed E-state index contributed by atoms with van der Waals surface area (Å²) in [4.78, 5) is 4.18. The van der Waals surface area contributed by atoms with Crippen LogP contribution >= 0.6 is 27.3 Å². The molecule has 0 amide bonds. The van der Waals surface area contributed by atoms with Crippen LogP contribution in [0.25, 0.3) is 0 Å². The Morgan fingerprint density at radius 3 is 2.81 bits per heavy atom. The van der Waals surface area contributed by atoms with Crippen LogP contribution in [0.3, 0.4) is 0 Å². The van der Waals surface area contributed by atoms with Crippen LogP contribution in [0.4, 0.5) is 0 Å². The molecule has 2 atom stereocenters. The van der Waals surface area contributed by atoms with Crippen LogP contribution in [0.5, 0.6) is 0 Å². The lowest BCUT2D eigenvalue weighted by molar-refractivity contribution is 0.166. The molecule has 0 spiro atoms. The second kappa shape index (κ2) is 7.58. The number of hydrogen-bond acceptors (Lipinski definition) is 3. The Balaban J connectivity index is 1.67. The van der Waals surface area contributed by atoms with E-state index in [1.165, 1.54) is 61.0 Å². The van der Waals surface area contributed by atoms with E-state index >= 15 is 0 Å². The van der Waals surface area contributed by atoms with E-state index in [0.29, 0.717) is 12.1 Å². The predicted octanol–water partition coefficient (Wildman–Crippen LogP) is 4.64. The Morgan fingerprint density at radius 2 is 2.10 bits per heavy atom. The maximum Gasteiger partial charge on any atom is 0.0342 e. The number of nitrogens with zero attached hydrogens (tertiary/aromatic N) is 1. The van der Waals surface area contributed by atoms with Crippen LogP contribution in [0.1, 0.15) is 50.3 Å². The maximum absolute atomic E-state index is 3.86. The van der Waals surface area contributed by atoms with Crippen LogP contribution in [0, 0.1) is 5.92 Å². The van der Waals surface area contributed by atoms with Gasteiger partial charge in [-0.2, -0.15) is 0 Å². The number of halogens is 1. The highest BCUT2D eigenvalue weighted by Gasteiger charge is 2.29. The third-order valence-corrected chi connectivity index (χ3v) is 7.19. The third kappa shape index (κ3) is 4.10. The van der Waals surface area contributed by atoms with Crippen LogP contribution in [-0.2, 0) is 6.54 Å². The fourth-order valence-electron chi connectivity index (χ4n) is 3.85. The van der Waals surface area contributed by atoms with Crippen molar-refractivity contribution in [1.82, 2.24) is 10.2 Å². The van der Waals surface area contributed by atoms with Crippen molar-refractivity contribution in [3.63, 3.8) is 0 Å². The Labute approximate surface area is 141 Å². The molecule has 2 unspecified atom stereocenters. The molecule has 1 aliphatic heterocycles. The Bertz CT molecular complexity index is 442. The fraction of sp³-hybridized carbons (Fsp3) is 0.765. The van der Waals surface area contributed by atoms with Gasteiger partial charge in [0.15, 0.2) is 0 Å². The van der Waals surface area contributed by atoms with E-state index in [0.717, 1.165) is 12.5 Å². The Kier molecular flexibility index (Phi) is 5.77.